The van der Waals surface area contributed by atoms with Gasteiger partial charge in [0.05, 0.1) is 0 Å². The number of nitrogens with one attached hydrogen (secondary N) is 1. The molecular weight excluding hydrogens is 369 g/mol. The van der Waals surface area contributed by atoms with Gasteiger partial charge in [-0.25, -0.2) is 4.39 Å². The van der Waals surface area contributed by atoms with Crippen LogP contribution in [-0.2, 0) is 6.42 Å². The van der Waals surface area contributed by atoms with E-state index in [0.29, 0.717) is 42.4 Å². The summed E-state index contributed by atoms with van der Waals surface area (Å²) in [5.74, 6) is 0.935. The van der Waals surface area contributed by atoms with Crippen molar-refractivity contribution in [1.29, 1.82) is 0 Å². The molecule has 1 amide bonds. The second-order valence-electron chi connectivity index (χ2n) is 6.89. The van der Waals surface area contributed by atoms with Gasteiger partial charge in [-0.1, -0.05) is 42.5 Å². The third-order valence-corrected chi connectivity index (χ3v) is 4.87. The minimum atomic E-state index is -0.220. The van der Waals surface area contributed by atoms with Crippen LogP contribution in [0.1, 0.15) is 22.3 Å². The molecule has 4 nitrogen and oxygen atoms in total. The van der Waals surface area contributed by atoms with Gasteiger partial charge in [-0.15, -0.1) is 0 Å². The molecule has 0 saturated carbocycles. The highest BCUT2D eigenvalue weighted by Crippen LogP contribution is 2.30. The lowest BCUT2D eigenvalue weighted by Crippen LogP contribution is -2.25. The Morgan fingerprint density at radius 1 is 0.931 bits per heavy atom. The lowest BCUT2D eigenvalue weighted by Gasteiger charge is -2.18. The zero-order chi connectivity index (χ0) is 20.1. The quantitative estimate of drug-likeness (QED) is 0.624. The highest BCUT2D eigenvalue weighted by Gasteiger charge is 2.14. The van der Waals surface area contributed by atoms with Gasteiger partial charge in [0.15, 0.2) is 11.5 Å². The number of rotatable bonds is 6. The van der Waals surface area contributed by atoms with Gasteiger partial charge < -0.3 is 14.8 Å². The van der Waals surface area contributed by atoms with Crippen LogP contribution in [0, 0.1) is 5.82 Å². The Kier molecular flexibility index (Phi) is 5.75. The lowest BCUT2D eigenvalue weighted by molar-refractivity contribution is 0.0952. The van der Waals surface area contributed by atoms with E-state index in [0.717, 1.165) is 24.0 Å². The molecule has 29 heavy (non-hydrogen) atoms. The van der Waals surface area contributed by atoms with Gasteiger partial charge in [0, 0.05) is 17.7 Å². The number of amides is 1. The van der Waals surface area contributed by atoms with Gasteiger partial charge in [0.2, 0.25) is 0 Å². The third-order valence-electron chi connectivity index (χ3n) is 4.87. The first-order chi connectivity index (χ1) is 14.2. The van der Waals surface area contributed by atoms with E-state index in [1.807, 2.05) is 30.3 Å². The van der Waals surface area contributed by atoms with Crippen molar-refractivity contribution in [3.63, 3.8) is 0 Å². The molecule has 0 aromatic heterocycles. The molecule has 3 aromatic rings. The van der Waals surface area contributed by atoms with Crippen LogP contribution < -0.4 is 14.8 Å². The highest BCUT2D eigenvalue weighted by molar-refractivity contribution is 5.94. The molecule has 5 heteroatoms. The van der Waals surface area contributed by atoms with Gasteiger partial charge in [-0.05, 0) is 48.2 Å². The van der Waals surface area contributed by atoms with Crippen molar-refractivity contribution < 1.29 is 18.7 Å². The Morgan fingerprint density at radius 3 is 2.48 bits per heavy atom. The van der Waals surface area contributed by atoms with Gasteiger partial charge in [0.25, 0.3) is 5.91 Å². The van der Waals surface area contributed by atoms with Crippen molar-refractivity contribution in [3.05, 3.63) is 83.7 Å². The average Bonchev–Trinajstić information content (AvgIpc) is 2.77. The first kappa shape index (κ1) is 19.0. The maximum absolute atomic E-state index is 13.9. The van der Waals surface area contributed by atoms with Crippen LogP contribution in [-0.4, -0.2) is 25.7 Å². The maximum Gasteiger partial charge on any atom is 0.251 e. The number of benzene rings is 3. The van der Waals surface area contributed by atoms with Crippen LogP contribution in [0.25, 0.3) is 11.1 Å². The predicted octanol–water partition coefficient (Wildman–Crippen LogP) is 4.63. The second-order valence-corrected chi connectivity index (χ2v) is 6.89. The van der Waals surface area contributed by atoms with Gasteiger partial charge in [-0.2, -0.15) is 0 Å². The Labute approximate surface area is 169 Å². The predicted molar refractivity (Wildman–Crippen MR) is 110 cm³/mol. The van der Waals surface area contributed by atoms with Crippen LogP contribution in [0.3, 0.4) is 0 Å². The third kappa shape index (κ3) is 4.57. The lowest BCUT2D eigenvalue weighted by atomic mass is 10.0. The number of fused-ring (bicyclic) bond motifs is 1. The Morgan fingerprint density at radius 2 is 1.69 bits per heavy atom. The Hall–Kier alpha value is -3.34. The van der Waals surface area contributed by atoms with Crippen LogP contribution in [0.15, 0.2) is 66.7 Å². The summed E-state index contributed by atoms with van der Waals surface area (Å²) in [6.45, 7) is 1.59. The molecule has 0 fully saturated rings. The Bertz CT molecular complexity index is 1000. The van der Waals surface area contributed by atoms with Crippen LogP contribution >= 0.6 is 0 Å². The van der Waals surface area contributed by atoms with E-state index in [1.54, 1.807) is 30.3 Å². The average molecular weight is 391 g/mol. The minimum absolute atomic E-state index is 0.128. The maximum atomic E-state index is 13.9. The molecule has 0 aliphatic carbocycles. The summed E-state index contributed by atoms with van der Waals surface area (Å²) in [6, 6.07) is 19.8. The van der Waals surface area contributed by atoms with Crippen LogP contribution in [0.2, 0.25) is 0 Å². The van der Waals surface area contributed by atoms with Crippen LogP contribution in [0.4, 0.5) is 4.39 Å². The molecule has 1 heterocycles. The standard InChI is InChI=1S/C24H22FNO3/c25-21-6-2-1-5-20(21)18-9-7-17(8-10-18)4-3-13-26-24(27)19-11-12-22-23(16-19)29-15-14-28-22/h1-2,5-12,16H,3-4,13-15H2,(H,26,27). The van der Waals surface area contributed by atoms with Gasteiger partial charge in [0.1, 0.15) is 19.0 Å². The van der Waals surface area contributed by atoms with Crippen molar-refractivity contribution in [2.75, 3.05) is 19.8 Å². The molecule has 0 radical (unpaired) electrons. The molecule has 1 N–H and O–H groups in total. The summed E-state index contributed by atoms with van der Waals surface area (Å²) in [7, 11) is 0. The summed E-state index contributed by atoms with van der Waals surface area (Å²) in [4.78, 5) is 12.3. The van der Waals surface area contributed by atoms with Crippen molar-refractivity contribution in [3.8, 4) is 22.6 Å². The van der Waals surface area contributed by atoms with E-state index in [1.165, 1.54) is 6.07 Å². The van der Waals surface area contributed by atoms with E-state index >= 15 is 0 Å². The summed E-state index contributed by atoms with van der Waals surface area (Å²) in [5.41, 5.74) is 3.17. The van der Waals surface area contributed by atoms with Crippen molar-refractivity contribution in [2.24, 2.45) is 0 Å². The summed E-state index contributed by atoms with van der Waals surface area (Å²) in [6.07, 6.45) is 1.65. The first-order valence-electron chi connectivity index (χ1n) is 9.72. The molecule has 0 spiro atoms. The number of aryl methyl sites for hydroxylation is 1. The fraction of sp³-hybridized carbons (Fsp3) is 0.208. The smallest absolute Gasteiger partial charge is 0.251 e. The van der Waals surface area contributed by atoms with Gasteiger partial charge in [-0.3, -0.25) is 4.79 Å². The van der Waals surface area contributed by atoms with E-state index in [2.05, 4.69) is 5.32 Å². The number of carbonyl (C=O) groups is 1. The molecular formula is C24H22FNO3. The summed E-state index contributed by atoms with van der Waals surface area (Å²) >= 11 is 0. The largest absolute Gasteiger partial charge is 0.486 e. The van der Waals surface area contributed by atoms with Crippen LogP contribution in [0.5, 0.6) is 11.5 Å². The summed E-state index contributed by atoms with van der Waals surface area (Å²) in [5, 5.41) is 2.94. The molecule has 0 atom stereocenters. The van der Waals surface area contributed by atoms with Crippen molar-refractivity contribution in [2.45, 2.75) is 12.8 Å². The molecule has 1 aliphatic rings. The Balaban J connectivity index is 1.27. The second kappa shape index (κ2) is 8.78. The molecule has 4 rings (SSSR count). The number of halogens is 1. The van der Waals surface area contributed by atoms with E-state index in [4.69, 9.17) is 9.47 Å². The topological polar surface area (TPSA) is 47.6 Å². The van der Waals surface area contributed by atoms with E-state index in [9.17, 15) is 9.18 Å². The minimum Gasteiger partial charge on any atom is -0.486 e. The number of carbonyl (C=O) groups excluding carboxylic acids is 1. The van der Waals surface area contributed by atoms with E-state index < -0.39 is 0 Å². The molecule has 148 valence electrons. The zero-order valence-corrected chi connectivity index (χ0v) is 16.0. The molecule has 0 unspecified atom stereocenters. The van der Waals surface area contributed by atoms with E-state index in [-0.39, 0.29) is 11.7 Å². The molecule has 0 bridgehead atoms. The molecule has 0 saturated heterocycles. The number of hydrogen-bond acceptors (Lipinski definition) is 3. The summed E-state index contributed by atoms with van der Waals surface area (Å²) < 4.78 is 24.9. The number of ether oxygens (including phenoxy) is 2. The monoisotopic (exact) mass is 391 g/mol. The van der Waals surface area contributed by atoms with Crippen molar-refractivity contribution >= 4 is 5.91 Å². The normalized spacial score (nSPS) is 12.4. The van der Waals surface area contributed by atoms with Crippen molar-refractivity contribution in [1.82, 2.24) is 5.32 Å². The van der Waals surface area contributed by atoms with Gasteiger partial charge >= 0.3 is 0 Å². The highest BCUT2D eigenvalue weighted by atomic mass is 19.1. The molecule has 3 aromatic carbocycles. The number of hydrogen-bond donors (Lipinski definition) is 1. The SMILES string of the molecule is O=C(NCCCc1ccc(-c2ccccc2F)cc1)c1ccc2c(c1)OCCO2. The molecule has 1 aliphatic heterocycles. The fourth-order valence-corrected chi connectivity index (χ4v) is 3.33. The fourth-order valence-electron chi connectivity index (χ4n) is 3.33. The first-order valence-corrected chi connectivity index (χ1v) is 9.72. The zero-order valence-electron chi connectivity index (χ0n) is 16.0.